The van der Waals surface area contributed by atoms with Crippen molar-refractivity contribution in [2.45, 2.75) is 20.3 Å². The van der Waals surface area contributed by atoms with Crippen LogP contribution in [-0.4, -0.2) is 16.1 Å². The summed E-state index contributed by atoms with van der Waals surface area (Å²) in [6.45, 7) is 4.02. The van der Waals surface area contributed by atoms with Gasteiger partial charge in [0.25, 0.3) is 0 Å². The number of benzene rings is 1. The highest BCUT2D eigenvalue weighted by atomic mass is 32.1. The Morgan fingerprint density at radius 3 is 2.86 bits per heavy atom. The molecule has 5 nitrogen and oxygen atoms in total. The first-order valence-corrected chi connectivity index (χ1v) is 7.73. The predicted molar refractivity (Wildman–Crippen MR) is 85.9 cm³/mol. The van der Waals surface area contributed by atoms with Gasteiger partial charge in [-0.05, 0) is 36.9 Å². The van der Waals surface area contributed by atoms with Crippen molar-refractivity contribution < 1.29 is 9.21 Å². The molecule has 0 aliphatic heterocycles. The predicted octanol–water partition coefficient (Wildman–Crippen LogP) is 3.60. The van der Waals surface area contributed by atoms with Crippen LogP contribution in [0.2, 0.25) is 0 Å². The van der Waals surface area contributed by atoms with Gasteiger partial charge in [-0.25, -0.2) is 0 Å². The lowest BCUT2D eigenvalue weighted by Crippen LogP contribution is -2.13. The molecule has 0 unspecified atom stereocenters. The first-order chi connectivity index (χ1) is 10.6. The molecule has 0 fully saturated rings. The fourth-order valence-electron chi connectivity index (χ4n) is 2.17. The minimum atomic E-state index is -0.168. The van der Waals surface area contributed by atoms with E-state index in [1.54, 1.807) is 0 Å². The van der Waals surface area contributed by atoms with Crippen LogP contribution in [0.3, 0.4) is 0 Å². The van der Waals surface area contributed by atoms with E-state index >= 15 is 0 Å². The van der Waals surface area contributed by atoms with E-state index in [9.17, 15) is 4.79 Å². The van der Waals surface area contributed by atoms with E-state index in [4.69, 9.17) is 4.42 Å². The van der Waals surface area contributed by atoms with Crippen molar-refractivity contribution in [3.8, 4) is 11.5 Å². The van der Waals surface area contributed by atoms with E-state index in [0.29, 0.717) is 12.3 Å². The normalized spacial score (nSPS) is 10.6. The number of amides is 1. The second kappa shape index (κ2) is 6.11. The Kier molecular flexibility index (Phi) is 4.02. The van der Waals surface area contributed by atoms with Crippen LogP contribution in [-0.2, 0) is 11.2 Å². The minimum Gasteiger partial charge on any atom is -0.403 e. The van der Waals surface area contributed by atoms with Gasteiger partial charge in [-0.2, -0.15) is 0 Å². The Morgan fingerprint density at radius 1 is 1.27 bits per heavy atom. The molecule has 6 heteroatoms. The molecular weight excluding hydrogens is 298 g/mol. The van der Waals surface area contributed by atoms with Gasteiger partial charge in [0.2, 0.25) is 11.8 Å². The van der Waals surface area contributed by atoms with Crippen molar-refractivity contribution >= 4 is 23.3 Å². The Bertz CT molecular complexity index is 794. The number of nitrogens with zero attached hydrogens (tertiary/aromatic N) is 2. The largest absolute Gasteiger partial charge is 0.403 e. The standard InChI is InChI=1S/C16H15N3O2S/c1-10-5-6-13(11(2)8-10)15-18-19-16(21-15)17-14(20)9-12-4-3-7-22-12/h3-8H,9H2,1-2H3,(H,17,19,20). The molecule has 3 rings (SSSR count). The molecule has 0 saturated carbocycles. The number of aromatic nitrogens is 2. The van der Waals surface area contributed by atoms with Gasteiger partial charge in [-0.3, -0.25) is 10.1 Å². The number of carbonyl (C=O) groups is 1. The van der Waals surface area contributed by atoms with E-state index in [1.807, 2.05) is 43.5 Å². The number of aryl methyl sites for hydroxylation is 2. The third kappa shape index (κ3) is 3.23. The smallest absolute Gasteiger partial charge is 0.322 e. The zero-order valence-electron chi connectivity index (χ0n) is 12.3. The summed E-state index contributed by atoms with van der Waals surface area (Å²) in [5, 5.41) is 12.4. The van der Waals surface area contributed by atoms with E-state index in [2.05, 4.69) is 21.6 Å². The SMILES string of the molecule is Cc1ccc(-c2nnc(NC(=O)Cc3cccs3)o2)c(C)c1. The summed E-state index contributed by atoms with van der Waals surface area (Å²) in [6, 6.07) is 9.93. The van der Waals surface area contributed by atoms with Crippen molar-refractivity contribution in [2.75, 3.05) is 5.32 Å². The van der Waals surface area contributed by atoms with E-state index in [1.165, 1.54) is 16.9 Å². The quantitative estimate of drug-likeness (QED) is 0.799. The summed E-state index contributed by atoms with van der Waals surface area (Å²) < 4.78 is 5.53. The van der Waals surface area contributed by atoms with Crippen LogP contribution < -0.4 is 5.32 Å². The topological polar surface area (TPSA) is 68.0 Å². The second-order valence-electron chi connectivity index (χ2n) is 5.04. The zero-order valence-corrected chi connectivity index (χ0v) is 13.1. The van der Waals surface area contributed by atoms with Gasteiger partial charge >= 0.3 is 6.01 Å². The van der Waals surface area contributed by atoms with Crippen molar-refractivity contribution in [3.63, 3.8) is 0 Å². The Labute approximate surface area is 132 Å². The molecule has 22 heavy (non-hydrogen) atoms. The average Bonchev–Trinajstić information content (AvgIpc) is 3.10. The molecule has 3 aromatic rings. The molecule has 0 saturated heterocycles. The summed E-state index contributed by atoms with van der Waals surface area (Å²) >= 11 is 1.54. The van der Waals surface area contributed by atoms with Crippen LogP contribution in [0.5, 0.6) is 0 Å². The molecule has 0 bridgehead atoms. The highest BCUT2D eigenvalue weighted by molar-refractivity contribution is 7.10. The minimum absolute atomic E-state index is 0.122. The lowest BCUT2D eigenvalue weighted by Gasteiger charge is -2.02. The van der Waals surface area contributed by atoms with Gasteiger partial charge in [0.15, 0.2) is 0 Å². The van der Waals surface area contributed by atoms with Crippen molar-refractivity contribution in [1.82, 2.24) is 10.2 Å². The van der Waals surface area contributed by atoms with Crippen molar-refractivity contribution in [1.29, 1.82) is 0 Å². The summed E-state index contributed by atoms with van der Waals surface area (Å²) in [4.78, 5) is 12.9. The lowest BCUT2D eigenvalue weighted by atomic mass is 10.1. The van der Waals surface area contributed by atoms with Crippen LogP contribution in [0.1, 0.15) is 16.0 Å². The molecule has 1 amide bonds. The van der Waals surface area contributed by atoms with Gasteiger partial charge < -0.3 is 4.42 Å². The molecule has 2 aromatic heterocycles. The molecule has 1 N–H and O–H groups in total. The molecule has 1 aromatic carbocycles. The maximum Gasteiger partial charge on any atom is 0.322 e. The summed E-state index contributed by atoms with van der Waals surface area (Å²) in [5.41, 5.74) is 3.10. The molecule has 2 heterocycles. The monoisotopic (exact) mass is 313 g/mol. The number of carbonyl (C=O) groups excluding carboxylic acids is 1. The fraction of sp³-hybridized carbons (Fsp3) is 0.188. The van der Waals surface area contributed by atoms with Crippen LogP contribution in [0.4, 0.5) is 6.01 Å². The van der Waals surface area contributed by atoms with E-state index in [-0.39, 0.29) is 11.9 Å². The fourth-order valence-corrected chi connectivity index (χ4v) is 2.87. The Hall–Kier alpha value is -2.47. The van der Waals surface area contributed by atoms with Crippen LogP contribution in [0, 0.1) is 13.8 Å². The third-order valence-electron chi connectivity index (χ3n) is 3.20. The highest BCUT2D eigenvalue weighted by Crippen LogP contribution is 2.24. The molecule has 0 radical (unpaired) electrons. The first kappa shape index (κ1) is 14.5. The number of thiophene rings is 1. The van der Waals surface area contributed by atoms with Gasteiger partial charge in [-0.1, -0.05) is 28.9 Å². The lowest BCUT2D eigenvalue weighted by molar-refractivity contribution is -0.115. The number of hydrogen-bond donors (Lipinski definition) is 1. The van der Waals surface area contributed by atoms with Gasteiger partial charge in [0, 0.05) is 10.4 Å². The Balaban J connectivity index is 1.72. The Morgan fingerprint density at radius 2 is 2.14 bits per heavy atom. The van der Waals surface area contributed by atoms with Crippen LogP contribution in [0.15, 0.2) is 40.1 Å². The third-order valence-corrected chi connectivity index (χ3v) is 4.07. The second-order valence-corrected chi connectivity index (χ2v) is 6.07. The maximum atomic E-state index is 11.9. The molecule has 0 atom stereocenters. The van der Waals surface area contributed by atoms with Crippen molar-refractivity contribution in [3.05, 3.63) is 51.7 Å². The summed E-state index contributed by atoms with van der Waals surface area (Å²) in [6.07, 6.45) is 0.305. The van der Waals surface area contributed by atoms with Crippen LogP contribution >= 0.6 is 11.3 Å². The van der Waals surface area contributed by atoms with E-state index < -0.39 is 0 Å². The van der Waals surface area contributed by atoms with Crippen molar-refractivity contribution in [2.24, 2.45) is 0 Å². The zero-order chi connectivity index (χ0) is 15.5. The van der Waals surface area contributed by atoms with Gasteiger partial charge in [0.1, 0.15) is 0 Å². The molecule has 0 aliphatic rings. The van der Waals surface area contributed by atoms with Gasteiger partial charge in [0.05, 0.1) is 6.42 Å². The average molecular weight is 313 g/mol. The van der Waals surface area contributed by atoms with E-state index in [0.717, 1.165) is 16.0 Å². The van der Waals surface area contributed by atoms with Crippen LogP contribution in [0.25, 0.3) is 11.5 Å². The molecule has 0 spiro atoms. The number of hydrogen-bond acceptors (Lipinski definition) is 5. The van der Waals surface area contributed by atoms with Gasteiger partial charge in [-0.15, -0.1) is 16.4 Å². The summed E-state index contributed by atoms with van der Waals surface area (Å²) in [7, 11) is 0. The highest BCUT2D eigenvalue weighted by Gasteiger charge is 2.13. The summed E-state index contributed by atoms with van der Waals surface area (Å²) in [5.74, 6) is 0.238. The maximum absolute atomic E-state index is 11.9. The number of rotatable bonds is 4. The molecule has 112 valence electrons. The molecule has 0 aliphatic carbocycles. The molecular formula is C16H15N3O2S. The number of anilines is 1. The first-order valence-electron chi connectivity index (χ1n) is 6.85. The number of nitrogens with one attached hydrogen (secondary N) is 1.